The van der Waals surface area contributed by atoms with E-state index in [9.17, 15) is 0 Å². The van der Waals surface area contributed by atoms with Gasteiger partial charge in [-0.2, -0.15) is 0 Å². The Hall–Kier alpha value is -0.230. The molecule has 0 amide bonds. The average Bonchev–Trinajstić information content (AvgIpc) is 1.97. The van der Waals surface area contributed by atoms with Gasteiger partial charge in [0, 0.05) is 11.0 Å². The van der Waals surface area contributed by atoms with Crippen LogP contribution in [0.5, 0.6) is 0 Å². The van der Waals surface area contributed by atoms with Crippen molar-refractivity contribution in [2.45, 2.75) is 26.7 Å². The third-order valence-electron chi connectivity index (χ3n) is 2.26. The van der Waals surface area contributed by atoms with Crippen LogP contribution in [0.3, 0.4) is 0 Å². The minimum atomic E-state index is 0.576. The van der Waals surface area contributed by atoms with Crippen LogP contribution in [-0.2, 0) is 0 Å². The summed E-state index contributed by atoms with van der Waals surface area (Å²) in [5, 5.41) is 1.03. The molecule has 0 saturated carbocycles. The predicted octanol–water partition coefficient (Wildman–Crippen LogP) is 3.73. The van der Waals surface area contributed by atoms with E-state index in [4.69, 9.17) is 11.6 Å². The number of halogens is 1. The van der Waals surface area contributed by atoms with Crippen LogP contribution in [0.2, 0.25) is 0 Å². The van der Waals surface area contributed by atoms with Crippen molar-refractivity contribution in [2.75, 3.05) is 0 Å². The number of hydrogen-bond acceptors (Lipinski definition) is 0. The van der Waals surface area contributed by atoms with Gasteiger partial charge in [-0.05, 0) is 18.4 Å². The number of allylic oxidation sites excluding steroid dienone is 4. The van der Waals surface area contributed by atoms with Crippen molar-refractivity contribution in [3.63, 3.8) is 0 Å². The largest absolute Gasteiger partial charge is 0.0888 e. The van der Waals surface area contributed by atoms with E-state index < -0.39 is 0 Å². The van der Waals surface area contributed by atoms with Crippen LogP contribution in [-0.4, -0.2) is 0 Å². The van der Waals surface area contributed by atoms with Gasteiger partial charge >= 0.3 is 0 Å². The SMILES string of the molecule is CCCC1C(Cl)=CC=CC1C. The predicted molar refractivity (Wildman–Crippen MR) is 50.6 cm³/mol. The summed E-state index contributed by atoms with van der Waals surface area (Å²) in [6.45, 7) is 4.43. The Labute approximate surface area is 73.9 Å². The third kappa shape index (κ3) is 2.10. The highest BCUT2D eigenvalue weighted by Crippen LogP contribution is 2.31. The second-order valence-electron chi connectivity index (χ2n) is 3.19. The summed E-state index contributed by atoms with van der Waals surface area (Å²) in [6, 6.07) is 0. The van der Waals surface area contributed by atoms with E-state index in [1.165, 1.54) is 12.8 Å². The van der Waals surface area contributed by atoms with Crippen LogP contribution in [0.25, 0.3) is 0 Å². The molecule has 0 radical (unpaired) electrons. The van der Waals surface area contributed by atoms with Crippen LogP contribution in [0.1, 0.15) is 26.7 Å². The summed E-state index contributed by atoms with van der Waals surface area (Å²) in [4.78, 5) is 0. The molecule has 0 N–H and O–H groups in total. The van der Waals surface area contributed by atoms with E-state index >= 15 is 0 Å². The quantitative estimate of drug-likeness (QED) is 0.593. The molecule has 1 heteroatoms. The standard InChI is InChI=1S/C10H15Cl/c1-3-5-9-8(2)6-4-7-10(9)11/h4,6-9H,3,5H2,1-2H3. The molecule has 0 spiro atoms. The van der Waals surface area contributed by atoms with Crippen molar-refractivity contribution >= 4 is 11.6 Å². The first-order valence-corrected chi connectivity index (χ1v) is 4.67. The molecule has 0 nitrogen and oxygen atoms in total. The van der Waals surface area contributed by atoms with E-state index in [2.05, 4.69) is 26.0 Å². The van der Waals surface area contributed by atoms with Crippen molar-refractivity contribution in [1.29, 1.82) is 0 Å². The summed E-state index contributed by atoms with van der Waals surface area (Å²) < 4.78 is 0. The fourth-order valence-corrected chi connectivity index (χ4v) is 1.92. The summed E-state index contributed by atoms with van der Waals surface area (Å²) in [6.07, 6.45) is 8.72. The second kappa shape index (κ2) is 3.96. The van der Waals surface area contributed by atoms with Gasteiger partial charge in [-0.1, -0.05) is 44.0 Å². The molecule has 0 heterocycles. The maximum atomic E-state index is 6.07. The molecule has 2 unspecified atom stereocenters. The molecule has 0 aromatic heterocycles. The lowest BCUT2D eigenvalue weighted by Gasteiger charge is -2.22. The molecule has 11 heavy (non-hydrogen) atoms. The molecule has 2 atom stereocenters. The smallest absolute Gasteiger partial charge is 0.0217 e. The van der Waals surface area contributed by atoms with Gasteiger partial charge in [-0.25, -0.2) is 0 Å². The third-order valence-corrected chi connectivity index (χ3v) is 2.66. The van der Waals surface area contributed by atoms with Crippen LogP contribution in [0.4, 0.5) is 0 Å². The average molecular weight is 171 g/mol. The number of rotatable bonds is 2. The maximum Gasteiger partial charge on any atom is 0.0217 e. The highest BCUT2D eigenvalue weighted by atomic mass is 35.5. The Bertz CT molecular complexity index is 179. The summed E-state index contributed by atoms with van der Waals surface area (Å²) in [5.74, 6) is 1.19. The van der Waals surface area contributed by atoms with Gasteiger partial charge in [0.25, 0.3) is 0 Å². The molecule has 0 aromatic rings. The summed E-state index contributed by atoms with van der Waals surface area (Å²) in [7, 11) is 0. The maximum absolute atomic E-state index is 6.07. The Morgan fingerprint density at radius 1 is 1.55 bits per heavy atom. The molecule has 1 aliphatic rings. The van der Waals surface area contributed by atoms with E-state index in [0.717, 1.165) is 5.03 Å². The van der Waals surface area contributed by atoms with Crippen LogP contribution >= 0.6 is 11.6 Å². The lowest BCUT2D eigenvalue weighted by atomic mass is 9.86. The Balaban J connectivity index is 2.62. The first-order chi connectivity index (χ1) is 5.25. The van der Waals surface area contributed by atoms with Crippen molar-refractivity contribution in [1.82, 2.24) is 0 Å². The lowest BCUT2D eigenvalue weighted by Crippen LogP contribution is -2.11. The van der Waals surface area contributed by atoms with Gasteiger partial charge in [0.15, 0.2) is 0 Å². The fraction of sp³-hybridized carbons (Fsp3) is 0.600. The molecule has 0 bridgehead atoms. The molecule has 0 aromatic carbocycles. The molecule has 1 aliphatic carbocycles. The molecular formula is C10H15Cl. The van der Waals surface area contributed by atoms with E-state index in [0.29, 0.717) is 11.8 Å². The van der Waals surface area contributed by atoms with Crippen LogP contribution in [0.15, 0.2) is 23.3 Å². The van der Waals surface area contributed by atoms with Crippen LogP contribution in [0, 0.1) is 11.8 Å². The zero-order chi connectivity index (χ0) is 8.27. The zero-order valence-corrected chi connectivity index (χ0v) is 7.93. The zero-order valence-electron chi connectivity index (χ0n) is 7.18. The molecule has 1 rings (SSSR count). The Morgan fingerprint density at radius 3 is 2.82 bits per heavy atom. The second-order valence-corrected chi connectivity index (χ2v) is 3.63. The molecular weight excluding hydrogens is 156 g/mol. The normalized spacial score (nSPS) is 30.3. The van der Waals surface area contributed by atoms with Crippen LogP contribution < -0.4 is 0 Å². The minimum Gasteiger partial charge on any atom is -0.0888 e. The number of hydrogen-bond donors (Lipinski definition) is 0. The molecule has 0 aliphatic heterocycles. The highest BCUT2D eigenvalue weighted by molar-refractivity contribution is 6.30. The topological polar surface area (TPSA) is 0 Å². The highest BCUT2D eigenvalue weighted by Gasteiger charge is 2.18. The summed E-state index contributed by atoms with van der Waals surface area (Å²) in [5.41, 5.74) is 0. The molecule has 62 valence electrons. The van der Waals surface area contributed by atoms with Gasteiger partial charge in [-0.3, -0.25) is 0 Å². The minimum absolute atomic E-state index is 0.576. The first-order valence-electron chi connectivity index (χ1n) is 4.29. The lowest BCUT2D eigenvalue weighted by molar-refractivity contribution is 0.458. The Kier molecular flexibility index (Phi) is 3.19. The first kappa shape index (κ1) is 8.86. The fourth-order valence-electron chi connectivity index (χ4n) is 1.54. The van der Waals surface area contributed by atoms with Crippen molar-refractivity contribution in [3.8, 4) is 0 Å². The summed E-state index contributed by atoms with van der Waals surface area (Å²) >= 11 is 6.07. The van der Waals surface area contributed by atoms with E-state index in [1.54, 1.807) is 0 Å². The van der Waals surface area contributed by atoms with Crippen molar-refractivity contribution in [2.24, 2.45) is 11.8 Å². The monoisotopic (exact) mass is 170 g/mol. The molecule has 0 saturated heterocycles. The van der Waals surface area contributed by atoms with Gasteiger partial charge < -0.3 is 0 Å². The van der Waals surface area contributed by atoms with Gasteiger partial charge in [0.1, 0.15) is 0 Å². The van der Waals surface area contributed by atoms with Gasteiger partial charge in [-0.15, -0.1) is 0 Å². The van der Waals surface area contributed by atoms with Crippen molar-refractivity contribution in [3.05, 3.63) is 23.3 Å². The van der Waals surface area contributed by atoms with E-state index in [-0.39, 0.29) is 0 Å². The molecule has 0 fully saturated rings. The van der Waals surface area contributed by atoms with E-state index in [1.807, 2.05) is 6.08 Å². The van der Waals surface area contributed by atoms with Gasteiger partial charge in [0.2, 0.25) is 0 Å². The Morgan fingerprint density at radius 2 is 2.27 bits per heavy atom. The van der Waals surface area contributed by atoms with Crippen molar-refractivity contribution < 1.29 is 0 Å². The van der Waals surface area contributed by atoms with Gasteiger partial charge in [0.05, 0.1) is 0 Å².